The predicted octanol–water partition coefficient (Wildman–Crippen LogP) is 3.02. The van der Waals surface area contributed by atoms with Gasteiger partial charge in [0, 0.05) is 4.90 Å². The van der Waals surface area contributed by atoms with Gasteiger partial charge >= 0.3 is 0 Å². The van der Waals surface area contributed by atoms with Gasteiger partial charge in [0.25, 0.3) is 0 Å². The zero-order valence-corrected chi connectivity index (χ0v) is 13.1. The van der Waals surface area contributed by atoms with Crippen molar-refractivity contribution in [3.05, 3.63) is 47.9 Å². The number of oxime groups is 1. The van der Waals surface area contributed by atoms with Crippen LogP contribution in [-0.4, -0.2) is 21.0 Å². The Morgan fingerprint density at radius 3 is 2.29 bits per heavy atom. The molecule has 2 aromatic rings. The molecule has 1 aromatic carbocycles. The summed E-state index contributed by atoms with van der Waals surface area (Å²) in [6.45, 7) is 6.56. The highest BCUT2D eigenvalue weighted by molar-refractivity contribution is 7.99. The molecule has 0 spiro atoms. The highest BCUT2D eigenvalue weighted by Crippen LogP contribution is 2.28. The van der Waals surface area contributed by atoms with Crippen molar-refractivity contribution in [2.45, 2.75) is 36.1 Å². The van der Waals surface area contributed by atoms with Gasteiger partial charge < -0.3 is 10.9 Å². The van der Waals surface area contributed by atoms with Crippen molar-refractivity contribution in [3.63, 3.8) is 0 Å². The minimum absolute atomic E-state index is 0.0476. The Morgan fingerprint density at radius 1 is 1.14 bits per heavy atom. The van der Waals surface area contributed by atoms with Gasteiger partial charge in [-0.2, -0.15) is 0 Å². The van der Waals surface area contributed by atoms with Gasteiger partial charge in [0.15, 0.2) is 5.84 Å². The van der Waals surface area contributed by atoms with E-state index in [9.17, 15) is 0 Å². The van der Waals surface area contributed by atoms with E-state index in [0.717, 1.165) is 9.92 Å². The van der Waals surface area contributed by atoms with Crippen LogP contribution >= 0.6 is 11.8 Å². The van der Waals surface area contributed by atoms with Gasteiger partial charge in [-0.05, 0) is 23.1 Å². The third-order valence-corrected chi connectivity index (χ3v) is 3.87. The number of nitrogens with two attached hydrogens (primary N) is 1. The molecule has 6 heteroatoms. The third kappa shape index (κ3) is 3.95. The smallest absolute Gasteiger partial charge is 0.190 e. The molecule has 1 aromatic heterocycles. The highest BCUT2D eigenvalue weighted by atomic mass is 32.2. The van der Waals surface area contributed by atoms with Gasteiger partial charge in [0.2, 0.25) is 0 Å². The molecule has 0 amide bonds. The van der Waals surface area contributed by atoms with E-state index in [0.29, 0.717) is 5.69 Å². The number of hydrogen-bond donors (Lipinski definition) is 2. The van der Waals surface area contributed by atoms with E-state index < -0.39 is 0 Å². The van der Waals surface area contributed by atoms with Crippen molar-refractivity contribution in [2.75, 3.05) is 0 Å². The van der Waals surface area contributed by atoms with Crippen LogP contribution < -0.4 is 5.73 Å². The first-order valence-corrected chi connectivity index (χ1v) is 7.30. The summed E-state index contributed by atoms with van der Waals surface area (Å²) in [6.07, 6.45) is 3.09. The molecule has 0 unspecified atom stereocenters. The first-order valence-electron chi connectivity index (χ1n) is 6.48. The van der Waals surface area contributed by atoms with Crippen LogP contribution in [0.25, 0.3) is 0 Å². The molecule has 0 saturated carbocycles. The van der Waals surface area contributed by atoms with Crippen molar-refractivity contribution < 1.29 is 5.21 Å². The first kappa shape index (κ1) is 15.3. The van der Waals surface area contributed by atoms with Gasteiger partial charge in [-0.3, -0.25) is 0 Å². The van der Waals surface area contributed by atoms with Crippen LogP contribution in [0.4, 0.5) is 0 Å². The minimum Gasteiger partial charge on any atom is -0.409 e. The summed E-state index contributed by atoms with van der Waals surface area (Å²) in [5, 5.41) is 12.2. The van der Waals surface area contributed by atoms with Crippen LogP contribution in [-0.2, 0) is 5.41 Å². The molecule has 0 aliphatic heterocycles. The maximum Gasteiger partial charge on any atom is 0.190 e. The van der Waals surface area contributed by atoms with Gasteiger partial charge in [-0.1, -0.05) is 49.8 Å². The zero-order valence-electron chi connectivity index (χ0n) is 12.2. The lowest BCUT2D eigenvalue weighted by Gasteiger charge is -2.18. The van der Waals surface area contributed by atoms with Crippen LogP contribution in [0, 0.1) is 0 Å². The second-order valence-corrected chi connectivity index (χ2v) is 6.70. The summed E-state index contributed by atoms with van der Waals surface area (Å²) in [5.41, 5.74) is 7.23. The Balaban J connectivity index is 2.11. The minimum atomic E-state index is -0.0476. The monoisotopic (exact) mass is 302 g/mol. The SMILES string of the molecule is CC(C)(C)c1ccc(Sc2cnc(C(N)=NO)cn2)cc1. The van der Waals surface area contributed by atoms with Crippen molar-refractivity contribution in [2.24, 2.45) is 10.9 Å². The molecule has 1 heterocycles. The molecule has 21 heavy (non-hydrogen) atoms. The van der Waals surface area contributed by atoms with Crippen molar-refractivity contribution in [3.8, 4) is 0 Å². The highest BCUT2D eigenvalue weighted by Gasteiger charge is 2.13. The zero-order chi connectivity index (χ0) is 15.5. The molecular formula is C15H18N4OS. The molecular weight excluding hydrogens is 284 g/mol. The molecule has 0 aliphatic carbocycles. The van der Waals surface area contributed by atoms with Crippen LogP contribution in [0.2, 0.25) is 0 Å². The summed E-state index contributed by atoms with van der Waals surface area (Å²) in [5.74, 6) is -0.0476. The number of nitrogens with zero attached hydrogens (tertiary/aromatic N) is 3. The maximum atomic E-state index is 8.57. The van der Waals surface area contributed by atoms with Gasteiger partial charge in [-0.25, -0.2) is 9.97 Å². The fraction of sp³-hybridized carbons (Fsp3) is 0.267. The molecule has 3 N–H and O–H groups in total. The fourth-order valence-electron chi connectivity index (χ4n) is 1.70. The normalized spacial score (nSPS) is 12.4. The average Bonchev–Trinajstić information content (AvgIpc) is 2.47. The molecule has 0 atom stereocenters. The Morgan fingerprint density at radius 2 is 1.81 bits per heavy atom. The fourth-order valence-corrected chi connectivity index (χ4v) is 2.42. The molecule has 0 saturated heterocycles. The van der Waals surface area contributed by atoms with Gasteiger partial charge in [0.05, 0.1) is 12.4 Å². The third-order valence-electron chi connectivity index (χ3n) is 2.94. The summed E-state index contributed by atoms with van der Waals surface area (Å²) in [7, 11) is 0. The summed E-state index contributed by atoms with van der Waals surface area (Å²) >= 11 is 1.52. The molecule has 110 valence electrons. The Labute approximate surface area is 128 Å². The lowest BCUT2D eigenvalue weighted by Crippen LogP contribution is -2.15. The molecule has 0 radical (unpaired) electrons. The summed E-state index contributed by atoms with van der Waals surface area (Å²) in [6, 6.07) is 8.40. The van der Waals surface area contributed by atoms with E-state index in [2.05, 4.69) is 60.2 Å². The van der Waals surface area contributed by atoms with E-state index in [1.807, 2.05) is 0 Å². The Bertz CT molecular complexity index is 630. The topological polar surface area (TPSA) is 84.4 Å². The van der Waals surface area contributed by atoms with E-state index in [4.69, 9.17) is 10.9 Å². The summed E-state index contributed by atoms with van der Waals surface area (Å²) in [4.78, 5) is 9.44. The van der Waals surface area contributed by atoms with E-state index in [1.165, 1.54) is 23.5 Å². The quantitative estimate of drug-likeness (QED) is 0.394. The van der Waals surface area contributed by atoms with Crippen molar-refractivity contribution in [1.82, 2.24) is 9.97 Å². The number of amidine groups is 1. The van der Waals surface area contributed by atoms with Crippen LogP contribution in [0.15, 0.2) is 51.7 Å². The molecule has 0 fully saturated rings. The van der Waals surface area contributed by atoms with E-state index in [-0.39, 0.29) is 11.3 Å². The lowest BCUT2D eigenvalue weighted by atomic mass is 9.87. The van der Waals surface area contributed by atoms with Gasteiger partial charge in [-0.15, -0.1) is 0 Å². The summed E-state index contributed by atoms with van der Waals surface area (Å²) < 4.78 is 0. The first-order chi connectivity index (χ1) is 9.90. The molecule has 2 rings (SSSR count). The van der Waals surface area contributed by atoms with Crippen LogP contribution in [0.1, 0.15) is 32.0 Å². The largest absolute Gasteiger partial charge is 0.409 e. The standard InChI is InChI=1S/C15H18N4OS/c1-15(2,3)10-4-6-11(7-5-10)21-13-9-17-12(8-18-13)14(16)19-20/h4-9,20H,1-3H3,(H2,16,19). The second-order valence-electron chi connectivity index (χ2n) is 5.60. The van der Waals surface area contributed by atoms with Crippen LogP contribution in [0.5, 0.6) is 0 Å². The van der Waals surface area contributed by atoms with Crippen molar-refractivity contribution in [1.29, 1.82) is 0 Å². The molecule has 0 aliphatic rings. The lowest BCUT2D eigenvalue weighted by molar-refractivity contribution is 0.318. The van der Waals surface area contributed by atoms with Crippen LogP contribution in [0.3, 0.4) is 0 Å². The number of rotatable bonds is 3. The van der Waals surface area contributed by atoms with Crippen molar-refractivity contribution >= 4 is 17.6 Å². The maximum absolute atomic E-state index is 8.57. The predicted molar refractivity (Wildman–Crippen MR) is 83.8 cm³/mol. The van der Waals surface area contributed by atoms with E-state index in [1.54, 1.807) is 6.20 Å². The Kier molecular flexibility index (Phi) is 4.47. The molecule has 5 nitrogen and oxygen atoms in total. The number of benzene rings is 1. The second kappa shape index (κ2) is 6.13. The van der Waals surface area contributed by atoms with E-state index >= 15 is 0 Å². The molecule has 0 bridgehead atoms. The Hall–Kier alpha value is -2.08. The van der Waals surface area contributed by atoms with Gasteiger partial charge in [0.1, 0.15) is 10.7 Å². The number of hydrogen-bond acceptors (Lipinski definition) is 5. The number of aromatic nitrogens is 2. The average molecular weight is 302 g/mol.